The van der Waals surface area contributed by atoms with E-state index in [1.54, 1.807) is 12.1 Å². The maximum absolute atomic E-state index is 13.6. The molecule has 1 amide bonds. The molecule has 4 nitrogen and oxygen atoms in total. The summed E-state index contributed by atoms with van der Waals surface area (Å²) >= 11 is 0. The average molecular weight is 321 g/mol. The molecule has 1 atom stereocenters. The first kappa shape index (κ1) is 16.9. The molecule has 6 heteroatoms. The molecule has 2 aromatic carbocycles. The molecule has 2 aromatic rings. The summed E-state index contributed by atoms with van der Waals surface area (Å²) in [5, 5.41) is 2.64. The largest absolute Gasteiger partial charge is 0.494 e. The van der Waals surface area contributed by atoms with Crippen LogP contribution in [0.4, 0.5) is 8.78 Å². The zero-order valence-corrected chi connectivity index (χ0v) is 12.8. The summed E-state index contributed by atoms with van der Waals surface area (Å²) in [6, 6.07) is 9.88. The first-order valence-corrected chi connectivity index (χ1v) is 6.95. The fourth-order valence-corrected chi connectivity index (χ4v) is 2.14. The molecule has 0 aliphatic heterocycles. The summed E-state index contributed by atoms with van der Waals surface area (Å²) in [6.07, 6.45) is -0.502. The van der Waals surface area contributed by atoms with Gasteiger partial charge in [0.15, 0.2) is 11.6 Å². The monoisotopic (exact) mass is 321 g/mol. The van der Waals surface area contributed by atoms with Gasteiger partial charge in [0.05, 0.1) is 13.2 Å². The van der Waals surface area contributed by atoms with Gasteiger partial charge in [-0.3, -0.25) is 4.79 Å². The third-order valence-corrected chi connectivity index (χ3v) is 3.37. The molecule has 0 spiro atoms. The predicted molar refractivity (Wildman–Crippen MR) is 81.4 cm³/mol. The van der Waals surface area contributed by atoms with Crippen LogP contribution in [0.5, 0.6) is 5.75 Å². The molecule has 122 valence electrons. The minimum absolute atomic E-state index is 0.0658. The molecular weight excluding hydrogens is 304 g/mol. The lowest BCUT2D eigenvalue weighted by atomic mass is 10.1. The highest BCUT2D eigenvalue weighted by Crippen LogP contribution is 2.19. The number of ether oxygens (including phenoxy) is 2. The van der Waals surface area contributed by atoms with Gasteiger partial charge < -0.3 is 14.8 Å². The number of amides is 1. The average Bonchev–Trinajstić information content (AvgIpc) is 2.55. The van der Waals surface area contributed by atoms with Gasteiger partial charge in [-0.05, 0) is 35.9 Å². The number of methoxy groups -OCH3 is 2. The van der Waals surface area contributed by atoms with Crippen LogP contribution in [0.25, 0.3) is 0 Å². The van der Waals surface area contributed by atoms with E-state index in [9.17, 15) is 13.6 Å². The number of benzene rings is 2. The number of rotatable bonds is 6. The van der Waals surface area contributed by atoms with E-state index < -0.39 is 17.8 Å². The molecule has 23 heavy (non-hydrogen) atoms. The van der Waals surface area contributed by atoms with E-state index in [4.69, 9.17) is 9.47 Å². The molecule has 2 rings (SSSR count). The van der Waals surface area contributed by atoms with Gasteiger partial charge in [0, 0.05) is 19.2 Å². The van der Waals surface area contributed by atoms with E-state index in [1.165, 1.54) is 38.5 Å². The molecule has 0 fully saturated rings. The lowest BCUT2D eigenvalue weighted by Crippen LogP contribution is -2.29. The van der Waals surface area contributed by atoms with Crippen molar-refractivity contribution in [2.45, 2.75) is 6.10 Å². The summed E-state index contributed by atoms with van der Waals surface area (Å²) in [6.45, 7) is 0.131. The van der Waals surface area contributed by atoms with E-state index in [-0.39, 0.29) is 23.7 Å². The lowest BCUT2D eigenvalue weighted by molar-refractivity contribution is 0.0826. The fourth-order valence-electron chi connectivity index (χ4n) is 2.14. The number of nitrogens with one attached hydrogen (secondary N) is 1. The van der Waals surface area contributed by atoms with Gasteiger partial charge in [-0.15, -0.1) is 0 Å². The number of halogens is 2. The van der Waals surface area contributed by atoms with Gasteiger partial charge in [0.25, 0.3) is 5.91 Å². The molecule has 0 bridgehead atoms. The van der Waals surface area contributed by atoms with Gasteiger partial charge >= 0.3 is 0 Å². The molecule has 1 N–H and O–H groups in total. The Morgan fingerprint density at radius 2 is 1.96 bits per heavy atom. The fraction of sp³-hybridized carbons (Fsp3) is 0.235. The smallest absolute Gasteiger partial charge is 0.251 e. The lowest BCUT2D eigenvalue weighted by Gasteiger charge is -2.16. The molecule has 0 aliphatic carbocycles. The standard InChI is InChI=1S/C17H17F2NO3/c1-22-15-7-6-12(9-14(15)19)17(21)20-10-16(23-2)11-4-3-5-13(18)8-11/h3-9,16H,10H2,1-2H3,(H,20,21). The van der Waals surface area contributed by atoms with Crippen molar-refractivity contribution in [3.05, 3.63) is 65.2 Å². The minimum Gasteiger partial charge on any atom is -0.494 e. The predicted octanol–water partition coefficient (Wildman–Crippen LogP) is 3.09. The van der Waals surface area contributed by atoms with Crippen LogP contribution in [-0.2, 0) is 4.74 Å². The highest BCUT2D eigenvalue weighted by molar-refractivity contribution is 5.94. The van der Waals surface area contributed by atoms with Crippen LogP contribution in [0.3, 0.4) is 0 Å². The maximum atomic E-state index is 13.6. The van der Waals surface area contributed by atoms with Gasteiger partial charge in [-0.2, -0.15) is 0 Å². The third kappa shape index (κ3) is 4.26. The second kappa shape index (κ2) is 7.69. The summed E-state index contributed by atoms with van der Waals surface area (Å²) in [7, 11) is 2.81. The van der Waals surface area contributed by atoms with Crippen molar-refractivity contribution in [1.29, 1.82) is 0 Å². The molecule has 0 aliphatic rings. The number of carbonyl (C=O) groups is 1. The van der Waals surface area contributed by atoms with Crippen LogP contribution in [0.15, 0.2) is 42.5 Å². The van der Waals surface area contributed by atoms with Gasteiger partial charge in [0.2, 0.25) is 0 Å². The third-order valence-electron chi connectivity index (χ3n) is 3.37. The van der Waals surface area contributed by atoms with Crippen LogP contribution < -0.4 is 10.1 Å². The second-order valence-electron chi connectivity index (χ2n) is 4.84. The molecule has 0 radical (unpaired) electrons. The van der Waals surface area contributed by atoms with E-state index in [1.807, 2.05) is 0 Å². The van der Waals surface area contributed by atoms with Crippen molar-refractivity contribution in [3.63, 3.8) is 0 Å². The Morgan fingerprint density at radius 1 is 1.17 bits per heavy atom. The molecule has 0 saturated carbocycles. The molecule has 1 unspecified atom stereocenters. The van der Waals surface area contributed by atoms with E-state index in [0.717, 1.165) is 6.07 Å². The van der Waals surface area contributed by atoms with Gasteiger partial charge in [0.1, 0.15) is 5.82 Å². The van der Waals surface area contributed by atoms with Gasteiger partial charge in [-0.25, -0.2) is 8.78 Å². The Hall–Kier alpha value is -2.47. The highest BCUT2D eigenvalue weighted by Gasteiger charge is 2.15. The van der Waals surface area contributed by atoms with Crippen LogP contribution >= 0.6 is 0 Å². The Morgan fingerprint density at radius 3 is 2.57 bits per heavy atom. The zero-order chi connectivity index (χ0) is 16.8. The number of hydrogen-bond acceptors (Lipinski definition) is 3. The minimum atomic E-state index is -0.617. The van der Waals surface area contributed by atoms with Crippen molar-refractivity contribution in [2.75, 3.05) is 20.8 Å². The topological polar surface area (TPSA) is 47.6 Å². The Labute approximate surface area is 133 Å². The Kier molecular flexibility index (Phi) is 5.65. The summed E-state index contributed by atoms with van der Waals surface area (Å²) < 4.78 is 36.9. The number of hydrogen-bond donors (Lipinski definition) is 1. The van der Waals surface area contributed by atoms with E-state index >= 15 is 0 Å². The molecular formula is C17H17F2NO3. The molecule has 0 heterocycles. The highest BCUT2D eigenvalue weighted by atomic mass is 19.1. The van der Waals surface area contributed by atoms with Crippen molar-refractivity contribution < 1.29 is 23.0 Å². The second-order valence-corrected chi connectivity index (χ2v) is 4.84. The van der Waals surface area contributed by atoms with Crippen molar-refractivity contribution in [2.24, 2.45) is 0 Å². The summed E-state index contributed by atoms with van der Waals surface area (Å²) in [5.41, 5.74) is 0.770. The normalized spacial score (nSPS) is 11.8. The summed E-state index contributed by atoms with van der Waals surface area (Å²) in [4.78, 5) is 12.1. The number of carbonyl (C=O) groups excluding carboxylic acids is 1. The van der Waals surface area contributed by atoms with E-state index in [0.29, 0.717) is 5.56 Å². The molecule has 0 saturated heterocycles. The van der Waals surface area contributed by atoms with Crippen molar-refractivity contribution in [1.82, 2.24) is 5.32 Å². The maximum Gasteiger partial charge on any atom is 0.251 e. The van der Waals surface area contributed by atoms with Crippen LogP contribution in [-0.4, -0.2) is 26.7 Å². The van der Waals surface area contributed by atoms with Crippen molar-refractivity contribution in [3.8, 4) is 5.75 Å². The SMILES string of the molecule is COc1ccc(C(=O)NCC(OC)c2cccc(F)c2)cc1F. The van der Waals surface area contributed by atoms with Crippen LogP contribution in [0.2, 0.25) is 0 Å². The van der Waals surface area contributed by atoms with Crippen LogP contribution in [0, 0.1) is 11.6 Å². The Bertz CT molecular complexity index is 691. The Balaban J connectivity index is 2.03. The first-order chi connectivity index (χ1) is 11.0. The van der Waals surface area contributed by atoms with E-state index in [2.05, 4.69) is 5.32 Å². The van der Waals surface area contributed by atoms with Crippen LogP contribution in [0.1, 0.15) is 22.0 Å². The van der Waals surface area contributed by atoms with Crippen molar-refractivity contribution >= 4 is 5.91 Å². The quantitative estimate of drug-likeness (QED) is 0.889. The summed E-state index contributed by atoms with van der Waals surface area (Å²) in [5.74, 6) is -1.39. The zero-order valence-electron chi connectivity index (χ0n) is 12.8. The van der Waals surface area contributed by atoms with Gasteiger partial charge in [-0.1, -0.05) is 12.1 Å². The first-order valence-electron chi connectivity index (χ1n) is 6.95. The molecule has 0 aromatic heterocycles.